The van der Waals surface area contributed by atoms with Gasteiger partial charge in [-0.2, -0.15) is 0 Å². The molecule has 1 aromatic heterocycles. The van der Waals surface area contributed by atoms with Gasteiger partial charge in [0.15, 0.2) is 0 Å². The second-order valence-corrected chi connectivity index (χ2v) is 7.60. The number of hydrogen-bond acceptors (Lipinski definition) is 6. The van der Waals surface area contributed by atoms with E-state index in [1.165, 1.54) is 18.3 Å². The molecule has 2 aromatic rings. The molecule has 1 aliphatic rings. The fourth-order valence-electron chi connectivity index (χ4n) is 2.90. The number of benzene rings is 1. The zero-order chi connectivity index (χ0) is 19.2. The molecule has 0 bridgehead atoms. The van der Waals surface area contributed by atoms with Gasteiger partial charge in [0.25, 0.3) is 5.91 Å². The molecule has 144 valence electrons. The number of carbonyl (C=O) groups is 2. The number of ether oxygens (including phenoxy) is 1. The number of aromatic nitrogens is 1. The Kier molecular flexibility index (Phi) is 6.54. The van der Waals surface area contributed by atoms with Crippen molar-refractivity contribution in [1.82, 2.24) is 15.2 Å². The first-order chi connectivity index (χ1) is 13.0. The number of thiazole rings is 1. The van der Waals surface area contributed by atoms with Crippen LogP contribution < -0.4 is 10.6 Å². The summed E-state index contributed by atoms with van der Waals surface area (Å²) in [6.07, 6.45) is 0. The van der Waals surface area contributed by atoms with Gasteiger partial charge in [-0.3, -0.25) is 14.5 Å². The molecule has 7 nitrogen and oxygen atoms in total. The number of hydrogen-bond donors (Lipinski definition) is 2. The molecule has 1 aliphatic heterocycles. The number of nitrogens with zero attached hydrogens (tertiary/aromatic N) is 2. The molecular formula is C19H24N4O3S. The molecule has 1 aromatic carbocycles. The van der Waals surface area contributed by atoms with E-state index in [-0.39, 0.29) is 11.8 Å². The normalized spacial score (nSPS) is 14.7. The van der Waals surface area contributed by atoms with Gasteiger partial charge >= 0.3 is 0 Å². The molecule has 0 spiro atoms. The number of morpholine rings is 1. The highest BCUT2D eigenvalue weighted by Crippen LogP contribution is 2.29. The smallest absolute Gasteiger partial charge is 0.271 e. The number of aryl methyl sites for hydroxylation is 1. The molecule has 2 heterocycles. The average Bonchev–Trinajstić information content (AvgIpc) is 3.04. The number of anilines is 1. The van der Waals surface area contributed by atoms with Gasteiger partial charge in [0.2, 0.25) is 5.91 Å². The number of carbonyl (C=O) groups excluding carboxylic acids is 2. The molecule has 0 aliphatic carbocycles. The Balaban J connectivity index is 1.63. The van der Waals surface area contributed by atoms with Gasteiger partial charge in [-0.1, -0.05) is 12.1 Å². The SMILES string of the molecule is CC(=O)Nc1cccc(-c2nc(C(=O)NCCN3CCOCC3)c(C)s2)c1. The number of nitrogens with one attached hydrogen (secondary N) is 2. The van der Waals surface area contributed by atoms with Gasteiger partial charge in [0.05, 0.1) is 13.2 Å². The van der Waals surface area contributed by atoms with Crippen molar-refractivity contribution in [2.75, 3.05) is 44.7 Å². The predicted molar refractivity (Wildman–Crippen MR) is 106 cm³/mol. The van der Waals surface area contributed by atoms with E-state index >= 15 is 0 Å². The molecule has 1 fully saturated rings. The van der Waals surface area contributed by atoms with E-state index in [1.807, 2.05) is 31.2 Å². The van der Waals surface area contributed by atoms with Crippen LogP contribution in [-0.2, 0) is 9.53 Å². The molecule has 8 heteroatoms. The summed E-state index contributed by atoms with van der Waals surface area (Å²) in [4.78, 5) is 31.4. The number of rotatable bonds is 6. The first-order valence-corrected chi connectivity index (χ1v) is 9.78. The van der Waals surface area contributed by atoms with Crippen LogP contribution in [0.15, 0.2) is 24.3 Å². The van der Waals surface area contributed by atoms with Crippen molar-refractivity contribution in [2.45, 2.75) is 13.8 Å². The van der Waals surface area contributed by atoms with Gasteiger partial charge in [0.1, 0.15) is 10.7 Å². The monoisotopic (exact) mass is 388 g/mol. The van der Waals surface area contributed by atoms with Gasteiger partial charge in [-0.15, -0.1) is 11.3 Å². The van der Waals surface area contributed by atoms with Crippen molar-refractivity contribution in [1.29, 1.82) is 0 Å². The minimum absolute atomic E-state index is 0.122. The second kappa shape index (κ2) is 9.07. The lowest BCUT2D eigenvalue weighted by molar-refractivity contribution is -0.114. The summed E-state index contributed by atoms with van der Waals surface area (Å²) in [7, 11) is 0. The zero-order valence-electron chi connectivity index (χ0n) is 15.6. The first kappa shape index (κ1) is 19.5. The molecular weight excluding hydrogens is 364 g/mol. The standard InChI is InChI=1S/C19H24N4O3S/c1-13-17(18(25)20-6-7-23-8-10-26-11-9-23)22-19(27-13)15-4-3-5-16(12-15)21-14(2)24/h3-5,12H,6-11H2,1-2H3,(H,20,25)(H,21,24). The quantitative estimate of drug-likeness (QED) is 0.792. The summed E-state index contributed by atoms with van der Waals surface area (Å²) in [5, 5.41) is 6.48. The lowest BCUT2D eigenvalue weighted by atomic mass is 10.2. The molecule has 0 unspecified atom stereocenters. The molecule has 2 N–H and O–H groups in total. The molecule has 0 saturated carbocycles. The van der Waals surface area contributed by atoms with Crippen LogP contribution in [0, 0.1) is 6.92 Å². The Morgan fingerprint density at radius 2 is 2.07 bits per heavy atom. The van der Waals surface area contributed by atoms with Gasteiger partial charge in [-0.05, 0) is 19.1 Å². The van der Waals surface area contributed by atoms with Gasteiger partial charge < -0.3 is 15.4 Å². The van der Waals surface area contributed by atoms with E-state index in [1.54, 1.807) is 0 Å². The molecule has 27 heavy (non-hydrogen) atoms. The third kappa shape index (κ3) is 5.35. The molecule has 0 atom stereocenters. The highest BCUT2D eigenvalue weighted by Gasteiger charge is 2.17. The fourth-order valence-corrected chi connectivity index (χ4v) is 3.81. The maximum Gasteiger partial charge on any atom is 0.271 e. The highest BCUT2D eigenvalue weighted by molar-refractivity contribution is 7.15. The van der Waals surface area contributed by atoms with Crippen LogP contribution in [-0.4, -0.2) is 61.1 Å². The van der Waals surface area contributed by atoms with E-state index in [0.29, 0.717) is 17.9 Å². The van der Waals surface area contributed by atoms with Crippen molar-refractivity contribution in [3.63, 3.8) is 0 Å². The summed E-state index contributed by atoms with van der Waals surface area (Å²) in [6, 6.07) is 7.47. The Morgan fingerprint density at radius 1 is 1.30 bits per heavy atom. The van der Waals surface area contributed by atoms with Crippen LogP contribution in [0.4, 0.5) is 5.69 Å². The van der Waals surface area contributed by atoms with Crippen LogP contribution in [0.5, 0.6) is 0 Å². The van der Waals surface area contributed by atoms with Crippen molar-refractivity contribution >= 4 is 28.8 Å². The van der Waals surface area contributed by atoms with Gasteiger partial charge in [0, 0.05) is 49.2 Å². The minimum atomic E-state index is -0.152. The largest absolute Gasteiger partial charge is 0.379 e. The Labute approximate surface area is 162 Å². The predicted octanol–water partition coefficient (Wildman–Crippen LogP) is 2.14. The fraction of sp³-hybridized carbons (Fsp3) is 0.421. The third-order valence-corrected chi connectivity index (χ3v) is 5.28. The first-order valence-electron chi connectivity index (χ1n) is 8.96. The Morgan fingerprint density at radius 3 is 2.81 bits per heavy atom. The Hall–Kier alpha value is -2.29. The van der Waals surface area contributed by atoms with Gasteiger partial charge in [-0.25, -0.2) is 4.98 Å². The van der Waals surface area contributed by atoms with E-state index in [9.17, 15) is 9.59 Å². The van der Waals surface area contributed by atoms with Crippen LogP contribution in [0.3, 0.4) is 0 Å². The van der Waals surface area contributed by atoms with E-state index in [2.05, 4.69) is 20.5 Å². The van der Waals surface area contributed by atoms with E-state index in [4.69, 9.17) is 4.74 Å². The van der Waals surface area contributed by atoms with Crippen LogP contribution in [0.25, 0.3) is 10.6 Å². The zero-order valence-corrected chi connectivity index (χ0v) is 16.4. The molecule has 3 rings (SSSR count). The van der Waals surface area contributed by atoms with Crippen molar-refractivity contribution in [2.24, 2.45) is 0 Å². The second-order valence-electron chi connectivity index (χ2n) is 6.40. The summed E-state index contributed by atoms with van der Waals surface area (Å²) in [5.41, 5.74) is 2.05. The summed E-state index contributed by atoms with van der Waals surface area (Å²) >= 11 is 1.47. The van der Waals surface area contributed by atoms with Crippen molar-refractivity contribution < 1.29 is 14.3 Å². The van der Waals surface area contributed by atoms with Crippen LogP contribution >= 0.6 is 11.3 Å². The molecule has 1 saturated heterocycles. The van der Waals surface area contributed by atoms with E-state index in [0.717, 1.165) is 48.3 Å². The van der Waals surface area contributed by atoms with E-state index < -0.39 is 0 Å². The van der Waals surface area contributed by atoms with Crippen molar-refractivity contribution in [3.05, 3.63) is 34.8 Å². The summed E-state index contributed by atoms with van der Waals surface area (Å²) < 4.78 is 5.33. The minimum Gasteiger partial charge on any atom is -0.379 e. The Bertz CT molecular complexity index is 815. The van der Waals surface area contributed by atoms with Crippen molar-refractivity contribution in [3.8, 4) is 10.6 Å². The maximum absolute atomic E-state index is 12.5. The third-order valence-electron chi connectivity index (χ3n) is 4.26. The topological polar surface area (TPSA) is 83.6 Å². The maximum atomic E-state index is 12.5. The molecule has 2 amide bonds. The highest BCUT2D eigenvalue weighted by atomic mass is 32.1. The number of amides is 2. The van der Waals surface area contributed by atoms with Crippen LogP contribution in [0.2, 0.25) is 0 Å². The van der Waals surface area contributed by atoms with Crippen LogP contribution in [0.1, 0.15) is 22.3 Å². The summed E-state index contributed by atoms with van der Waals surface area (Å²) in [5.74, 6) is -0.274. The lowest BCUT2D eigenvalue weighted by Crippen LogP contribution is -2.41. The lowest BCUT2D eigenvalue weighted by Gasteiger charge is -2.26. The average molecular weight is 388 g/mol. The molecule has 0 radical (unpaired) electrons. The summed E-state index contributed by atoms with van der Waals surface area (Å²) in [6.45, 7) is 8.07.